The first-order chi connectivity index (χ1) is 7.20. The Morgan fingerprint density at radius 2 is 2.06 bits per heavy atom. The Bertz CT molecular complexity index is 383. The summed E-state index contributed by atoms with van der Waals surface area (Å²) in [5, 5.41) is 8.76. The first-order valence-electron chi connectivity index (χ1n) is 4.38. The second-order valence-electron chi connectivity index (χ2n) is 3.51. The number of nitrogens with two attached hydrogens (primary N) is 1. The van der Waals surface area contributed by atoms with E-state index in [9.17, 15) is 18.0 Å². The Morgan fingerprint density at radius 3 is 2.38 bits per heavy atom. The number of carboxylic acid groups (broad SMARTS) is 1. The van der Waals surface area contributed by atoms with Gasteiger partial charge in [-0.25, -0.2) is 4.79 Å². The molecule has 0 aromatic heterocycles. The van der Waals surface area contributed by atoms with Crippen molar-refractivity contribution in [2.45, 2.75) is 18.6 Å². The van der Waals surface area contributed by atoms with E-state index in [1.165, 1.54) is 0 Å². The maximum Gasteiger partial charge on any atom is 0.408 e. The van der Waals surface area contributed by atoms with Crippen LogP contribution in [0.5, 0.6) is 0 Å². The highest BCUT2D eigenvalue weighted by Gasteiger charge is 2.40. The van der Waals surface area contributed by atoms with Crippen molar-refractivity contribution < 1.29 is 27.3 Å². The molecular weight excluding hydrogens is 240 g/mol. The lowest BCUT2D eigenvalue weighted by molar-refractivity contribution is -0.121. The predicted octanol–water partition coefficient (Wildman–Crippen LogP) is -1.43. The molecule has 0 aromatic rings. The molecular formula is C7H12N2O6S. The maximum atomic E-state index is 10.9. The van der Waals surface area contributed by atoms with E-state index < -0.39 is 34.3 Å². The van der Waals surface area contributed by atoms with Crippen LogP contribution < -0.4 is 5.73 Å². The summed E-state index contributed by atoms with van der Waals surface area (Å²) in [5.41, 5.74) is 5.00. The largest absolute Gasteiger partial charge is 0.465 e. The number of primary amides is 1. The van der Waals surface area contributed by atoms with Crippen LogP contribution in [0.2, 0.25) is 0 Å². The van der Waals surface area contributed by atoms with Gasteiger partial charge in [0.05, 0.1) is 18.9 Å². The molecule has 0 bridgehead atoms. The third-order valence-electron chi connectivity index (χ3n) is 2.15. The van der Waals surface area contributed by atoms with E-state index in [1.54, 1.807) is 0 Å². The summed E-state index contributed by atoms with van der Waals surface area (Å²) < 4.78 is 26.3. The van der Waals surface area contributed by atoms with Gasteiger partial charge in [0.2, 0.25) is 5.91 Å². The zero-order valence-electron chi connectivity index (χ0n) is 8.49. The van der Waals surface area contributed by atoms with E-state index in [2.05, 4.69) is 4.18 Å². The van der Waals surface area contributed by atoms with Crippen LogP contribution in [0.1, 0.15) is 6.42 Å². The number of hydrogen-bond acceptors (Lipinski definition) is 5. The van der Waals surface area contributed by atoms with Crippen LogP contribution in [0, 0.1) is 0 Å². The quantitative estimate of drug-likeness (QED) is 0.593. The molecule has 3 N–H and O–H groups in total. The van der Waals surface area contributed by atoms with Crippen molar-refractivity contribution in [3.05, 3.63) is 0 Å². The zero-order chi connectivity index (χ0) is 12.5. The fraction of sp³-hybridized carbons (Fsp3) is 0.714. The molecule has 0 radical (unpaired) electrons. The van der Waals surface area contributed by atoms with Crippen molar-refractivity contribution in [2.75, 3.05) is 12.8 Å². The van der Waals surface area contributed by atoms with E-state index in [0.717, 1.165) is 11.2 Å². The molecule has 9 heteroatoms. The Morgan fingerprint density at radius 1 is 1.50 bits per heavy atom. The highest BCUT2D eigenvalue weighted by atomic mass is 32.2. The van der Waals surface area contributed by atoms with Gasteiger partial charge in [-0.1, -0.05) is 0 Å². The van der Waals surface area contributed by atoms with Crippen LogP contribution in [-0.4, -0.2) is 55.4 Å². The van der Waals surface area contributed by atoms with Gasteiger partial charge in [-0.15, -0.1) is 0 Å². The van der Waals surface area contributed by atoms with Gasteiger partial charge >= 0.3 is 6.09 Å². The number of carbonyl (C=O) groups excluding carboxylic acids is 1. The van der Waals surface area contributed by atoms with Gasteiger partial charge in [0.15, 0.2) is 0 Å². The molecule has 8 nitrogen and oxygen atoms in total. The van der Waals surface area contributed by atoms with Crippen molar-refractivity contribution in [1.29, 1.82) is 0 Å². The smallest absolute Gasteiger partial charge is 0.408 e. The fourth-order valence-electron chi connectivity index (χ4n) is 1.60. The number of carbonyl (C=O) groups is 2. The molecule has 0 spiro atoms. The van der Waals surface area contributed by atoms with E-state index in [-0.39, 0.29) is 13.0 Å². The van der Waals surface area contributed by atoms with Gasteiger partial charge in [-0.05, 0) is 0 Å². The number of rotatable bonds is 3. The number of nitrogens with zero attached hydrogens (tertiary/aromatic N) is 1. The Labute approximate surface area is 92.1 Å². The third kappa shape index (κ3) is 3.07. The topological polar surface area (TPSA) is 127 Å². The average Bonchev–Trinajstić information content (AvgIpc) is 2.44. The predicted molar refractivity (Wildman–Crippen MR) is 52.0 cm³/mol. The molecule has 1 aliphatic rings. The molecule has 0 aliphatic carbocycles. The van der Waals surface area contributed by atoms with Gasteiger partial charge < -0.3 is 10.8 Å². The summed E-state index contributed by atoms with van der Waals surface area (Å²) in [7, 11) is -3.68. The van der Waals surface area contributed by atoms with Crippen molar-refractivity contribution in [2.24, 2.45) is 5.73 Å². The van der Waals surface area contributed by atoms with Gasteiger partial charge in [0.1, 0.15) is 6.04 Å². The molecule has 1 fully saturated rings. The second kappa shape index (κ2) is 4.26. The second-order valence-corrected chi connectivity index (χ2v) is 5.11. The Kier molecular flexibility index (Phi) is 3.38. The van der Waals surface area contributed by atoms with Gasteiger partial charge in [0, 0.05) is 6.42 Å². The minimum atomic E-state index is -3.68. The van der Waals surface area contributed by atoms with Crippen LogP contribution >= 0.6 is 0 Å². The summed E-state index contributed by atoms with van der Waals surface area (Å²) in [5.74, 6) is -0.818. The summed E-state index contributed by atoms with van der Waals surface area (Å²) in [6, 6.07) is -1.04. The zero-order valence-corrected chi connectivity index (χ0v) is 9.31. The van der Waals surface area contributed by atoms with Gasteiger partial charge in [-0.2, -0.15) is 8.42 Å². The highest BCUT2D eigenvalue weighted by Crippen LogP contribution is 2.21. The molecule has 1 heterocycles. The van der Waals surface area contributed by atoms with Crippen molar-refractivity contribution in [3.8, 4) is 0 Å². The molecule has 1 saturated heterocycles. The lowest BCUT2D eigenvalue weighted by Gasteiger charge is -2.17. The maximum absolute atomic E-state index is 10.9. The van der Waals surface area contributed by atoms with Crippen molar-refractivity contribution >= 4 is 22.1 Å². The first kappa shape index (κ1) is 12.7. The number of amides is 2. The van der Waals surface area contributed by atoms with Crippen LogP contribution in [-0.2, 0) is 19.1 Å². The first-order valence-corrected chi connectivity index (χ1v) is 6.19. The Hall–Kier alpha value is -1.35. The van der Waals surface area contributed by atoms with Crippen molar-refractivity contribution in [1.82, 2.24) is 4.90 Å². The normalized spacial score (nSPS) is 25.7. The van der Waals surface area contributed by atoms with E-state index in [1.807, 2.05) is 0 Å². The molecule has 0 aromatic carbocycles. The van der Waals surface area contributed by atoms with Gasteiger partial charge in [0.25, 0.3) is 10.1 Å². The number of hydrogen-bond donors (Lipinski definition) is 2. The minimum absolute atomic E-state index is 0.0469. The van der Waals surface area contributed by atoms with E-state index in [4.69, 9.17) is 10.8 Å². The average molecular weight is 252 g/mol. The van der Waals surface area contributed by atoms with Crippen molar-refractivity contribution in [3.63, 3.8) is 0 Å². The third-order valence-corrected chi connectivity index (χ3v) is 2.77. The molecule has 2 unspecified atom stereocenters. The molecule has 2 atom stereocenters. The Balaban J connectivity index is 2.77. The lowest BCUT2D eigenvalue weighted by atomic mass is 10.2. The summed E-state index contributed by atoms with van der Waals surface area (Å²) in [4.78, 5) is 22.5. The standard InChI is InChI=1S/C7H12N2O6S/c1-16(13,14)15-4-2-5(6(8)10)9(3-4)7(11)12/h4-5H,2-3H2,1H3,(H2,8,10)(H,11,12). The minimum Gasteiger partial charge on any atom is -0.465 e. The number of likely N-dealkylation sites (tertiary alicyclic amines) is 1. The molecule has 92 valence electrons. The van der Waals surface area contributed by atoms with Gasteiger partial charge in [-0.3, -0.25) is 13.9 Å². The summed E-state index contributed by atoms with van der Waals surface area (Å²) >= 11 is 0. The highest BCUT2D eigenvalue weighted by molar-refractivity contribution is 7.86. The van der Waals surface area contributed by atoms with Crippen LogP contribution in [0.4, 0.5) is 4.79 Å². The lowest BCUT2D eigenvalue weighted by Crippen LogP contribution is -2.43. The molecule has 2 amide bonds. The van der Waals surface area contributed by atoms with Crippen LogP contribution in [0.25, 0.3) is 0 Å². The van der Waals surface area contributed by atoms with E-state index in [0.29, 0.717) is 0 Å². The SMILES string of the molecule is CS(=O)(=O)OC1CC(C(N)=O)N(C(=O)O)C1. The van der Waals surface area contributed by atoms with E-state index >= 15 is 0 Å². The summed E-state index contributed by atoms with van der Waals surface area (Å²) in [6.45, 7) is -0.185. The fourth-order valence-corrected chi connectivity index (χ4v) is 2.23. The molecule has 1 rings (SSSR count). The van der Waals surface area contributed by atoms with Crippen LogP contribution in [0.15, 0.2) is 0 Å². The molecule has 16 heavy (non-hydrogen) atoms. The summed E-state index contributed by atoms with van der Waals surface area (Å²) in [6.07, 6.45) is -1.38. The monoisotopic (exact) mass is 252 g/mol. The molecule has 1 aliphatic heterocycles. The van der Waals surface area contributed by atoms with Crippen LogP contribution in [0.3, 0.4) is 0 Å². The molecule has 0 saturated carbocycles.